The third kappa shape index (κ3) is 3.10. The first-order valence-electron chi connectivity index (χ1n) is 9.83. The van der Waals surface area contributed by atoms with Gasteiger partial charge in [0.15, 0.2) is 5.43 Å². The third-order valence-corrected chi connectivity index (χ3v) is 5.88. The van der Waals surface area contributed by atoms with Gasteiger partial charge in [-0.1, -0.05) is 20.8 Å². The van der Waals surface area contributed by atoms with Gasteiger partial charge in [0, 0.05) is 40.7 Å². The van der Waals surface area contributed by atoms with Crippen molar-refractivity contribution >= 4 is 5.97 Å². The Kier molecular flexibility index (Phi) is 4.56. The molecule has 1 aliphatic heterocycles. The number of hydrogen-bond acceptors (Lipinski definition) is 4. The fourth-order valence-corrected chi connectivity index (χ4v) is 4.25. The summed E-state index contributed by atoms with van der Waals surface area (Å²) >= 11 is 0. The monoisotopic (exact) mass is 407 g/mol. The molecule has 0 bridgehead atoms. The van der Waals surface area contributed by atoms with Crippen molar-refractivity contribution in [1.82, 2.24) is 14.8 Å². The van der Waals surface area contributed by atoms with Crippen LogP contribution in [0.1, 0.15) is 48.4 Å². The molecule has 1 atom stereocenters. The number of nitrogens with one attached hydrogen (secondary N) is 1. The standard InChI is InChI=1S/C23H25N3O4/c1-12-16(10-24-25-12)15-6-13-7-21(23(2,3)4)26-11-17(22(28)29)19(27)9-18(26)14(13)8-20(15)30-5/h6,8-11,21H,7H2,1-5H3,(H,24,25)(H,28,29). The molecule has 1 aliphatic rings. The summed E-state index contributed by atoms with van der Waals surface area (Å²) in [5, 5.41) is 16.6. The smallest absolute Gasteiger partial charge is 0.341 e. The van der Waals surface area contributed by atoms with Gasteiger partial charge in [0.05, 0.1) is 19.0 Å². The lowest BCUT2D eigenvalue weighted by molar-refractivity contribution is 0.0693. The number of pyridine rings is 1. The summed E-state index contributed by atoms with van der Waals surface area (Å²) in [6.07, 6.45) is 3.97. The van der Waals surface area contributed by atoms with Crippen LogP contribution in [0.15, 0.2) is 35.4 Å². The predicted octanol–water partition coefficient (Wildman–Crippen LogP) is 4.06. The van der Waals surface area contributed by atoms with Crippen LogP contribution >= 0.6 is 0 Å². The molecule has 1 aromatic carbocycles. The number of ether oxygens (including phenoxy) is 1. The topological polar surface area (TPSA) is 97.2 Å². The molecular formula is C23H25N3O4. The van der Waals surface area contributed by atoms with Crippen molar-refractivity contribution in [3.8, 4) is 28.1 Å². The molecule has 7 nitrogen and oxygen atoms in total. The molecule has 3 aromatic rings. The summed E-state index contributed by atoms with van der Waals surface area (Å²) in [4.78, 5) is 24.1. The zero-order chi connectivity index (χ0) is 21.8. The van der Waals surface area contributed by atoms with Crippen LogP contribution in [0, 0.1) is 12.3 Å². The van der Waals surface area contributed by atoms with Crippen molar-refractivity contribution in [1.29, 1.82) is 0 Å². The van der Waals surface area contributed by atoms with Gasteiger partial charge in [-0.05, 0) is 36.5 Å². The number of nitrogens with zero attached hydrogens (tertiary/aromatic N) is 2. The van der Waals surface area contributed by atoms with Gasteiger partial charge in [-0.2, -0.15) is 5.10 Å². The van der Waals surface area contributed by atoms with Crippen LogP contribution in [0.4, 0.5) is 0 Å². The predicted molar refractivity (Wildman–Crippen MR) is 114 cm³/mol. The Labute approximate surface area is 174 Å². The van der Waals surface area contributed by atoms with Crippen LogP contribution in [-0.4, -0.2) is 33.0 Å². The van der Waals surface area contributed by atoms with E-state index in [1.54, 1.807) is 13.3 Å². The maximum absolute atomic E-state index is 12.5. The van der Waals surface area contributed by atoms with Crippen LogP contribution in [-0.2, 0) is 6.42 Å². The lowest BCUT2D eigenvalue weighted by Crippen LogP contribution is -2.32. The summed E-state index contributed by atoms with van der Waals surface area (Å²) < 4.78 is 7.61. The number of methoxy groups -OCH3 is 1. The molecule has 30 heavy (non-hydrogen) atoms. The molecule has 0 saturated carbocycles. The number of H-pyrrole nitrogens is 1. The lowest BCUT2D eigenvalue weighted by atomic mass is 9.78. The Bertz CT molecular complexity index is 1210. The molecule has 156 valence electrons. The second kappa shape index (κ2) is 6.86. The normalized spacial score (nSPS) is 15.4. The van der Waals surface area contributed by atoms with E-state index in [4.69, 9.17) is 4.74 Å². The zero-order valence-corrected chi connectivity index (χ0v) is 17.7. The van der Waals surface area contributed by atoms with E-state index < -0.39 is 11.4 Å². The van der Waals surface area contributed by atoms with Gasteiger partial charge < -0.3 is 14.4 Å². The van der Waals surface area contributed by atoms with E-state index in [0.29, 0.717) is 17.9 Å². The van der Waals surface area contributed by atoms with Crippen molar-refractivity contribution < 1.29 is 14.6 Å². The maximum Gasteiger partial charge on any atom is 0.341 e. The molecule has 4 rings (SSSR count). The van der Waals surface area contributed by atoms with Gasteiger partial charge >= 0.3 is 5.97 Å². The molecule has 0 aliphatic carbocycles. The Balaban J connectivity index is 2.02. The number of aromatic amines is 1. The molecule has 0 saturated heterocycles. The van der Waals surface area contributed by atoms with Crippen LogP contribution in [0.2, 0.25) is 0 Å². The van der Waals surface area contributed by atoms with Crippen molar-refractivity contribution in [2.45, 2.75) is 40.2 Å². The Morgan fingerprint density at radius 2 is 1.97 bits per heavy atom. The molecule has 3 heterocycles. The second-order valence-electron chi connectivity index (χ2n) is 8.85. The first kappa shape index (κ1) is 19.9. The first-order chi connectivity index (χ1) is 14.1. The molecular weight excluding hydrogens is 382 g/mol. The summed E-state index contributed by atoms with van der Waals surface area (Å²) in [6.45, 7) is 8.32. The number of aryl methyl sites for hydroxylation is 1. The number of rotatable bonds is 3. The van der Waals surface area contributed by atoms with Gasteiger partial charge in [0.2, 0.25) is 0 Å². The minimum absolute atomic E-state index is 0.00890. The van der Waals surface area contributed by atoms with Crippen LogP contribution in [0.25, 0.3) is 22.4 Å². The van der Waals surface area contributed by atoms with Crippen LogP contribution < -0.4 is 10.2 Å². The van der Waals surface area contributed by atoms with Gasteiger partial charge in [0.1, 0.15) is 11.3 Å². The van der Waals surface area contributed by atoms with Crippen LogP contribution in [0.5, 0.6) is 5.75 Å². The summed E-state index contributed by atoms with van der Waals surface area (Å²) in [5.41, 5.74) is 4.67. The van der Waals surface area contributed by atoms with Gasteiger partial charge in [-0.25, -0.2) is 4.79 Å². The fourth-order valence-electron chi connectivity index (χ4n) is 4.25. The second-order valence-corrected chi connectivity index (χ2v) is 8.85. The van der Waals surface area contributed by atoms with Crippen molar-refractivity contribution in [2.75, 3.05) is 7.11 Å². The highest BCUT2D eigenvalue weighted by Gasteiger charge is 2.34. The highest BCUT2D eigenvalue weighted by Crippen LogP contribution is 2.46. The third-order valence-electron chi connectivity index (χ3n) is 5.88. The highest BCUT2D eigenvalue weighted by atomic mass is 16.5. The van der Waals surface area contributed by atoms with Crippen molar-refractivity contribution in [2.24, 2.45) is 5.41 Å². The highest BCUT2D eigenvalue weighted by molar-refractivity contribution is 5.88. The van der Waals surface area contributed by atoms with E-state index in [-0.39, 0.29) is 17.0 Å². The maximum atomic E-state index is 12.5. The number of aromatic carboxylic acids is 1. The van der Waals surface area contributed by atoms with Gasteiger partial charge in [-0.15, -0.1) is 0 Å². The molecule has 2 N–H and O–H groups in total. The lowest BCUT2D eigenvalue weighted by Gasteiger charge is -2.39. The van der Waals surface area contributed by atoms with E-state index >= 15 is 0 Å². The summed E-state index contributed by atoms with van der Waals surface area (Å²) in [7, 11) is 1.61. The van der Waals surface area contributed by atoms with E-state index in [1.165, 1.54) is 12.3 Å². The quantitative estimate of drug-likeness (QED) is 0.682. The first-order valence-corrected chi connectivity index (χ1v) is 9.83. The average Bonchev–Trinajstić information content (AvgIpc) is 3.10. The molecule has 0 amide bonds. The largest absolute Gasteiger partial charge is 0.496 e. The molecule has 2 aromatic heterocycles. The van der Waals surface area contributed by atoms with Gasteiger partial charge in [0.25, 0.3) is 0 Å². The minimum Gasteiger partial charge on any atom is -0.496 e. The summed E-state index contributed by atoms with van der Waals surface area (Å²) in [6, 6.07) is 5.46. The molecule has 0 fully saturated rings. The van der Waals surface area contributed by atoms with Crippen molar-refractivity contribution in [3.63, 3.8) is 0 Å². The number of carboxylic acids is 1. The number of hydrogen-bond donors (Lipinski definition) is 2. The van der Waals surface area contributed by atoms with Crippen LogP contribution in [0.3, 0.4) is 0 Å². The molecule has 0 spiro atoms. The number of aromatic nitrogens is 3. The van der Waals surface area contributed by atoms with E-state index in [1.807, 2.05) is 17.6 Å². The zero-order valence-electron chi connectivity index (χ0n) is 17.7. The number of benzene rings is 1. The summed E-state index contributed by atoms with van der Waals surface area (Å²) in [5.74, 6) is -0.536. The number of carbonyl (C=O) groups is 1. The van der Waals surface area contributed by atoms with E-state index in [2.05, 4.69) is 37.0 Å². The SMILES string of the molecule is COc1cc2c(cc1-c1cn[nH]c1C)CC(C(C)(C)C)n1cc(C(=O)O)c(=O)cc1-2. The van der Waals surface area contributed by atoms with E-state index in [0.717, 1.165) is 27.9 Å². The fraction of sp³-hybridized carbons (Fsp3) is 0.348. The Morgan fingerprint density at radius 3 is 2.53 bits per heavy atom. The Morgan fingerprint density at radius 1 is 1.23 bits per heavy atom. The van der Waals surface area contributed by atoms with Crippen molar-refractivity contribution in [3.05, 3.63) is 57.6 Å². The number of fused-ring (bicyclic) bond motifs is 3. The molecule has 0 radical (unpaired) electrons. The Hall–Kier alpha value is -3.35. The van der Waals surface area contributed by atoms with Gasteiger partial charge in [-0.3, -0.25) is 9.89 Å². The number of carboxylic acid groups (broad SMARTS) is 1. The molecule has 1 unspecified atom stereocenters. The average molecular weight is 407 g/mol. The molecule has 7 heteroatoms. The van der Waals surface area contributed by atoms with E-state index in [9.17, 15) is 14.7 Å². The minimum atomic E-state index is -1.21.